The van der Waals surface area contributed by atoms with E-state index in [1.165, 1.54) is 24.0 Å². The number of halogens is 3. The largest absolute Gasteiger partial charge is 0.435 e. The molecule has 0 fully saturated rings. The highest BCUT2D eigenvalue weighted by atomic mass is 32.2. The smallest absolute Gasteiger partial charge is 0.276 e. The summed E-state index contributed by atoms with van der Waals surface area (Å²) in [4.78, 5) is 12.0. The lowest BCUT2D eigenvalue weighted by Crippen LogP contribution is -2.36. The second kappa shape index (κ2) is 6.26. The molecule has 0 aliphatic heterocycles. The van der Waals surface area contributed by atoms with Crippen LogP contribution < -0.4 is 4.72 Å². The summed E-state index contributed by atoms with van der Waals surface area (Å²) in [6.07, 6.45) is -0.888. The third kappa shape index (κ3) is 4.34. The van der Waals surface area contributed by atoms with Gasteiger partial charge in [0.2, 0.25) is 10.0 Å². The van der Waals surface area contributed by atoms with Crippen LogP contribution in [0.4, 0.5) is 13.2 Å². The standard InChI is InChI=1S/C12H14F3N5O3S/c1-8(20-4-3-10(17-20)12(13,14)15)11(21)18-24(22,23)7-9-5-16-19(2)6-9/h3-6,8H,7H2,1-2H3,(H,18,21). The van der Waals surface area contributed by atoms with Crippen molar-refractivity contribution < 1.29 is 26.4 Å². The zero-order chi connectivity index (χ0) is 18.1. The maximum absolute atomic E-state index is 12.5. The number of amides is 1. The van der Waals surface area contributed by atoms with E-state index >= 15 is 0 Å². The van der Waals surface area contributed by atoms with Crippen LogP contribution in [0, 0.1) is 0 Å². The number of sulfonamides is 1. The van der Waals surface area contributed by atoms with Crippen molar-refractivity contribution in [3.8, 4) is 0 Å². The first-order valence-corrected chi connectivity index (χ1v) is 8.27. The van der Waals surface area contributed by atoms with Crippen LogP contribution in [0.25, 0.3) is 0 Å². The van der Waals surface area contributed by atoms with Crippen molar-refractivity contribution in [1.82, 2.24) is 24.3 Å². The van der Waals surface area contributed by atoms with Crippen LogP contribution in [-0.4, -0.2) is 33.9 Å². The zero-order valence-electron chi connectivity index (χ0n) is 12.6. The van der Waals surface area contributed by atoms with Gasteiger partial charge in [-0.15, -0.1) is 0 Å². The number of aryl methyl sites for hydroxylation is 1. The van der Waals surface area contributed by atoms with Crippen molar-refractivity contribution in [3.05, 3.63) is 35.9 Å². The minimum atomic E-state index is -4.65. The molecule has 0 bridgehead atoms. The average molecular weight is 365 g/mol. The van der Waals surface area contributed by atoms with E-state index in [4.69, 9.17) is 0 Å². The van der Waals surface area contributed by atoms with Crippen molar-refractivity contribution in [2.24, 2.45) is 7.05 Å². The van der Waals surface area contributed by atoms with E-state index in [1.807, 2.05) is 4.72 Å². The number of hydrogen-bond donors (Lipinski definition) is 1. The van der Waals surface area contributed by atoms with Gasteiger partial charge in [-0.1, -0.05) is 0 Å². The molecule has 0 spiro atoms. The third-order valence-corrected chi connectivity index (χ3v) is 4.27. The van der Waals surface area contributed by atoms with E-state index in [-0.39, 0.29) is 0 Å². The van der Waals surface area contributed by atoms with Crippen LogP contribution in [-0.2, 0) is 33.8 Å². The van der Waals surface area contributed by atoms with Crippen LogP contribution in [0.2, 0.25) is 0 Å². The molecule has 2 aromatic rings. The van der Waals surface area contributed by atoms with Crippen LogP contribution in [0.3, 0.4) is 0 Å². The van der Waals surface area contributed by atoms with Gasteiger partial charge in [0.05, 0.1) is 11.9 Å². The van der Waals surface area contributed by atoms with Crippen LogP contribution in [0.5, 0.6) is 0 Å². The molecule has 0 aliphatic rings. The first-order valence-electron chi connectivity index (χ1n) is 6.62. The molecular weight excluding hydrogens is 351 g/mol. The number of nitrogens with zero attached hydrogens (tertiary/aromatic N) is 4. The molecule has 0 saturated heterocycles. The van der Waals surface area contributed by atoms with E-state index in [0.717, 1.165) is 10.9 Å². The van der Waals surface area contributed by atoms with Gasteiger partial charge in [-0.05, 0) is 13.0 Å². The highest BCUT2D eigenvalue weighted by Gasteiger charge is 2.34. The summed E-state index contributed by atoms with van der Waals surface area (Å²) < 4.78 is 65.3. The molecule has 1 amide bonds. The monoisotopic (exact) mass is 365 g/mol. The summed E-state index contributed by atoms with van der Waals surface area (Å²) >= 11 is 0. The Balaban J connectivity index is 2.06. The van der Waals surface area contributed by atoms with E-state index in [9.17, 15) is 26.4 Å². The molecule has 0 saturated carbocycles. The average Bonchev–Trinajstić information content (AvgIpc) is 3.05. The molecule has 2 heterocycles. The van der Waals surface area contributed by atoms with Crippen molar-refractivity contribution >= 4 is 15.9 Å². The third-order valence-electron chi connectivity index (χ3n) is 3.05. The summed E-state index contributed by atoms with van der Waals surface area (Å²) in [5.74, 6) is -1.47. The second-order valence-electron chi connectivity index (χ2n) is 5.10. The minimum Gasteiger partial charge on any atom is -0.276 e. The van der Waals surface area contributed by atoms with Crippen molar-refractivity contribution in [3.63, 3.8) is 0 Å². The van der Waals surface area contributed by atoms with Crippen LogP contribution in [0.15, 0.2) is 24.7 Å². The molecule has 1 unspecified atom stereocenters. The summed E-state index contributed by atoms with van der Waals surface area (Å²) in [5.41, 5.74) is -0.802. The molecule has 24 heavy (non-hydrogen) atoms. The highest BCUT2D eigenvalue weighted by Crippen LogP contribution is 2.27. The van der Waals surface area contributed by atoms with Crippen molar-refractivity contribution in [2.45, 2.75) is 24.9 Å². The van der Waals surface area contributed by atoms with Gasteiger partial charge in [0, 0.05) is 25.0 Å². The van der Waals surface area contributed by atoms with Gasteiger partial charge in [0.1, 0.15) is 6.04 Å². The molecule has 2 aromatic heterocycles. The Morgan fingerprint density at radius 3 is 2.58 bits per heavy atom. The number of carbonyl (C=O) groups is 1. The Kier molecular flexibility index (Phi) is 4.69. The predicted molar refractivity (Wildman–Crippen MR) is 75.9 cm³/mol. The number of carbonyl (C=O) groups excluding carboxylic acids is 1. The molecule has 0 aliphatic carbocycles. The van der Waals surface area contributed by atoms with E-state index in [2.05, 4.69) is 10.2 Å². The summed E-state index contributed by atoms with van der Waals surface area (Å²) in [7, 11) is -2.41. The molecule has 0 radical (unpaired) electrons. The van der Waals surface area contributed by atoms with Crippen LogP contribution >= 0.6 is 0 Å². The Labute approximate surface area is 135 Å². The second-order valence-corrected chi connectivity index (χ2v) is 6.82. The summed E-state index contributed by atoms with van der Waals surface area (Å²) in [6, 6.07) is -0.529. The topological polar surface area (TPSA) is 98.9 Å². The molecule has 2 rings (SSSR count). The predicted octanol–water partition coefficient (Wildman–Crippen LogP) is 0.843. The number of alkyl halides is 3. The van der Waals surface area contributed by atoms with E-state index < -0.39 is 39.6 Å². The quantitative estimate of drug-likeness (QED) is 0.847. The van der Waals surface area contributed by atoms with E-state index in [1.54, 1.807) is 7.05 Å². The fourth-order valence-electron chi connectivity index (χ4n) is 1.87. The minimum absolute atomic E-state index is 0.365. The molecule has 0 aromatic carbocycles. The lowest BCUT2D eigenvalue weighted by molar-refractivity contribution is -0.142. The van der Waals surface area contributed by atoms with Gasteiger partial charge >= 0.3 is 6.18 Å². The van der Waals surface area contributed by atoms with Gasteiger partial charge in [-0.2, -0.15) is 23.4 Å². The van der Waals surface area contributed by atoms with Gasteiger partial charge in [-0.3, -0.25) is 18.9 Å². The summed E-state index contributed by atoms with van der Waals surface area (Å²) in [6.45, 7) is 1.24. The Morgan fingerprint density at radius 1 is 1.42 bits per heavy atom. The Morgan fingerprint density at radius 2 is 2.08 bits per heavy atom. The number of nitrogens with one attached hydrogen (secondary N) is 1. The van der Waals surface area contributed by atoms with Crippen LogP contribution in [0.1, 0.15) is 24.2 Å². The van der Waals surface area contributed by atoms with Crippen molar-refractivity contribution in [1.29, 1.82) is 0 Å². The normalized spacial score (nSPS) is 13.7. The highest BCUT2D eigenvalue weighted by molar-refractivity contribution is 7.89. The first-order chi connectivity index (χ1) is 11.0. The maximum atomic E-state index is 12.5. The number of rotatable bonds is 5. The molecule has 12 heteroatoms. The molecule has 8 nitrogen and oxygen atoms in total. The maximum Gasteiger partial charge on any atom is 0.435 e. The SMILES string of the molecule is CC(C(=O)NS(=O)(=O)Cc1cnn(C)c1)n1ccc(C(F)(F)F)n1. The molecule has 1 N–H and O–H groups in total. The Hall–Kier alpha value is -2.37. The molecule has 1 atom stereocenters. The van der Waals surface area contributed by atoms with Gasteiger partial charge < -0.3 is 0 Å². The van der Waals surface area contributed by atoms with E-state index in [0.29, 0.717) is 11.6 Å². The van der Waals surface area contributed by atoms with Gasteiger partial charge in [0.15, 0.2) is 5.69 Å². The molecular formula is C12H14F3N5O3S. The first kappa shape index (κ1) is 18.0. The van der Waals surface area contributed by atoms with Crippen molar-refractivity contribution in [2.75, 3.05) is 0 Å². The molecule has 132 valence electrons. The fraction of sp³-hybridized carbons (Fsp3) is 0.417. The number of hydrogen-bond acceptors (Lipinski definition) is 5. The lowest BCUT2D eigenvalue weighted by atomic mass is 10.3. The number of aromatic nitrogens is 4. The zero-order valence-corrected chi connectivity index (χ0v) is 13.5. The fourth-order valence-corrected chi connectivity index (χ4v) is 3.00. The van der Waals surface area contributed by atoms with Gasteiger partial charge in [-0.25, -0.2) is 8.42 Å². The summed E-state index contributed by atoms with van der Waals surface area (Å²) in [5, 5.41) is 7.05. The Bertz CT molecular complexity index is 840. The lowest BCUT2D eigenvalue weighted by Gasteiger charge is -2.13. The van der Waals surface area contributed by atoms with Gasteiger partial charge in [0.25, 0.3) is 5.91 Å².